The van der Waals surface area contributed by atoms with Crippen LogP contribution in [0.15, 0.2) is 42.5 Å². The van der Waals surface area contributed by atoms with Crippen molar-refractivity contribution >= 4 is 34.8 Å². The number of benzene rings is 2. The van der Waals surface area contributed by atoms with E-state index in [0.717, 1.165) is 30.9 Å². The Morgan fingerprint density at radius 2 is 1.63 bits per heavy atom. The second-order valence-electron chi connectivity index (χ2n) is 5.90. The highest BCUT2D eigenvalue weighted by molar-refractivity contribution is 6.43. The third-order valence-electron chi connectivity index (χ3n) is 3.77. The number of amides is 2. The molecule has 0 saturated carbocycles. The summed E-state index contributed by atoms with van der Waals surface area (Å²) < 4.78 is 39.1. The van der Waals surface area contributed by atoms with Gasteiger partial charge in [-0.3, -0.25) is 9.59 Å². The molecule has 0 aromatic heterocycles. The predicted octanol–water partition coefficient (Wildman–Crippen LogP) is 5.28. The Morgan fingerprint density at radius 3 is 2.22 bits per heavy atom. The van der Waals surface area contributed by atoms with E-state index in [1.54, 1.807) is 12.1 Å². The Labute approximate surface area is 159 Å². The van der Waals surface area contributed by atoms with Gasteiger partial charge in [-0.1, -0.05) is 37.1 Å². The standard InChI is InChI=1S/C19H18ClF3N2O2/c1-2-3-4-12-5-8-14(9-6-12)24-17(26)18(27)25-16-10-7-13(20)11-15(16)19(21,22)23/h5-11H,2-4H2,1H3,(H,24,26)(H,25,27). The molecule has 144 valence electrons. The first-order chi connectivity index (χ1) is 12.7. The average Bonchev–Trinajstić information content (AvgIpc) is 2.61. The first-order valence-corrected chi connectivity index (χ1v) is 8.66. The minimum Gasteiger partial charge on any atom is -0.318 e. The number of carbonyl (C=O) groups is 2. The van der Waals surface area contributed by atoms with E-state index >= 15 is 0 Å². The highest BCUT2D eigenvalue weighted by Gasteiger charge is 2.34. The second kappa shape index (κ2) is 8.90. The van der Waals surface area contributed by atoms with E-state index in [0.29, 0.717) is 11.8 Å². The van der Waals surface area contributed by atoms with Gasteiger partial charge in [0.15, 0.2) is 0 Å². The van der Waals surface area contributed by atoms with Crippen molar-refractivity contribution in [1.29, 1.82) is 0 Å². The van der Waals surface area contributed by atoms with Gasteiger partial charge >= 0.3 is 18.0 Å². The third-order valence-corrected chi connectivity index (χ3v) is 4.01. The summed E-state index contributed by atoms with van der Waals surface area (Å²) in [6, 6.07) is 9.80. The lowest BCUT2D eigenvalue weighted by atomic mass is 10.1. The normalized spacial score (nSPS) is 11.1. The van der Waals surface area contributed by atoms with E-state index in [2.05, 4.69) is 12.2 Å². The minimum atomic E-state index is -4.72. The molecule has 4 nitrogen and oxygen atoms in total. The van der Waals surface area contributed by atoms with Crippen molar-refractivity contribution < 1.29 is 22.8 Å². The molecule has 0 heterocycles. The molecule has 2 N–H and O–H groups in total. The maximum absolute atomic E-state index is 13.0. The average molecular weight is 399 g/mol. The van der Waals surface area contributed by atoms with Gasteiger partial charge in [0.25, 0.3) is 0 Å². The molecule has 0 aliphatic rings. The zero-order chi connectivity index (χ0) is 20.0. The van der Waals surface area contributed by atoms with E-state index in [4.69, 9.17) is 11.6 Å². The molecule has 2 aromatic rings. The van der Waals surface area contributed by atoms with Crippen molar-refractivity contribution in [3.8, 4) is 0 Å². The van der Waals surface area contributed by atoms with Crippen LogP contribution in [0.25, 0.3) is 0 Å². The maximum atomic E-state index is 13.0. The fourth-order valence-corrected chi connectivity index (χ4v) is 2.53. The van der Waals surface area contributed by atoms with Gasteiger partial charge in [0, 0.05) is 10.7 Å². The van der Waals surface area contributed by atoms with Gasteiger partial charge in [0.2, 0.25) is 0 Å². The molecule has 0 atom stereocenters. The van der Waals surface area contributed by atoms with Gasteiger partial charge in [-0.2, -0.15) is 13.2 Å². The Morgan fingerprint density at radius 1 is 1.00 bits per heavy atom. The molecule has 0 unspecified atom stereocenters. The number of carbonyl (C=O) groups excluding carboxylic acids is 2. The Hall–Kier alpha value is -2.54. The topological polar surface area (TPSA) is 58.2 Å². The molecule has 2 amide bonds. The number of unbranched alkanes of at least 4 members (excludes halogenated alkanes) is 1. The van der Waals surface area contributed by atoms with E-state index < -0.39 is 29.2 Å². The van der Waals surface area contributed by atoms with Crippen LogP contribution in [0.2, 0.25) is 5.02 Å². The lowest BCUT2D eigenvalue weighted by Crippen LogP contribution is -2.30. The molecule has 27 heavy (non-hydrogen) atoms. The minimum absolute atomic E-state index is 0.132. The number of anilines is 2. The Kier molecular flexibility index (Phi) is 6.85. The van der Waals surface area contributed by atoms with Crippen molar-refractivity contribution in [3.05, 3.63) is 58.6 Å². The number of hydrogen-bond acceptors (Lipinski definition) is 2. The van der Waals surface area contributed by atoms with Crippen LogP contribution in [-0.4, -0.2) is 11.8 Å². The molecule has 0 radical (unpaired) electrons. The number of alkyl halides is 3. The molecule has 8 heteroatoms. The molecular weight excluding hydrogens is 381 g/mol. The summed E-state index contributed by atoms with van der Waals surface area (Å²) in [5, 5.41) is 4.20. The van der Waals surface area contributed by atoms with Crippen LogP contribution in [-0.2, 0) is 22.2 Å². The summed E-state index contributed by atoms with van der Waals surface area (Å²) in [7, 11) is 0. The van der Waals surface area contributed by atoms with Gasteiger partial charge in [0.1, 0.15) is 0 Å². The molecule has 0 spiro atoms. The molecule has 0 saturated heterocycles. The summed E-state index contributed by atoms with van der Waals surface area (Å²) >= 11 is 5.58. The summed E-state index contributed by atoms with van der Waals surface area (Å²) in [6.45, 7) is 2.08. The highest BCUT2D eigenvalue weighted by atomic mass is 35.5. The molecule has 0 bridgehead atoms. The molecule has 0 aliphatic carbocycles. The summed E-state index contributed by atoms with van der Waals surface area (Å²) in [6.07, 6.45) is -1.72. The van der Waals surface area contributed by atoms with Crippen LogP contribution >= 0.6 is 11.6 Å². The first-order valence-electron chi connectivity index (χ1n) is 8.28. The van der Waals surface area contributed by atoms with Crippen molar-refractivity contribution in [1.82, 2.24) is 0 Å². The van der Waals surface area contributed by atoms with Crippen molar-refractivity contribution in [2.24, 2.45) is 0 Å². The number of halogens is 4. The van der Waals surface area contributed by atoms with E-state index in [9.17, 15) is 22.8 Å². The smallest absolute Gasteiger partial charge is 0.318 e. The highest BCUT2D eigenvalue weighted by Crippen LogP contribution is 2.36. The van der Waals surface area contributed by atoms with Gasteiger partial charge in [-0.05, 0) is 48.7 Å². The molecule has 2 aromatic carbocycles. The number of hydrogen-bond donors (Lipinski definition) is 2. The molecule has 0 fully saturated rings. The summed E-state index contributed by atoms with van der Waals surface area (Å²) in [5.74, 6) is -2.28. The first kappa shape index (κ1) is 20.8. The predicted molar refractivity (Wildman–Crippen MR) is 98.8 cm³/mol. The number of aryl methyl sites for hydroxylation is 1. The fraction of sp³-hybridized carbons (Fsp3) is 0.263. The summed E-state index contributed by atoms with van der Waals surface area (Å²) in [5.41, 5.74) is -0.198. The van der Waals surface area contributed by atoms with E-state index in [-0.39, 0.29) is 5.02 Å². The maximum Gasteiger partial charge on any atom is 0.418 e. The summed E-state index contributed by atoms with van der Waals surface area (Å²) in [4.78, 5) is 23.9. The monoisotopic (exact) mass is 398 g/mol. The van der Waals surface area contributed by atoms with Crippen molar-refractivity contribution in [2.75, 3.05) is 10.6 Å². The van der Waals surface area contributed by atoms with E-state index in [1.807, 2.05) is 17.4 Å². The van der Waals surface area contributed by atoms with Gasteiger partial charge in [-0.25, -0.2) is 0 Å². The fourth-order valence-electron chi connectivity index (χ4n) is 2.36. The SMILES string of the molecule is CCCCc1ccc(NC(=O)C(=O)Nc2ccc(Cl)cc2C(F)(F)F)cc1. The molecular formula is C19H18ClF3N2O2. The van der Waals surface area contributed by atoms with Crippen LogP contribution in [0.5, 0.6) is 0 Å². The van der Waals surface area contributed by atoms with Gasteiger partial charge in [0.05, 0.1) is 11.3 Å². The number of nitrogens with one attached hydrogen (secondary N) is 2. The van der Waals surface area contributed by atoms with Gasteiger partial charge < -0.3 is 10.6 Å². The van der Waals surface area contributed by atoms with E-state index in [1.165, 1.54) is 6.07 Å². The van der Waals surface area contributed by atoms with Crippen LogP contribution in [0.3, 0.4) is 0 Å². The van der Waals surface area contributed by atoms with Crippen LogP contribution < -0.4 is 10.6 Å². The quantitative estimate of drug-likeness (QED) is 0.673. The lowest BCUT2D eigenvalue weighted by Gasteiger charge is -2.14. The van der Waals surface area contributed by atoms with Crippen LogP contribution in [0.4, 0.5) is 24.5 Å². The zero-order valence-corrected chi connectivity index (χ0v) is 15.2. The van der Waals surface area contributed by atoms with Crippen molar-refractivity contribution in [2.45, 2.75) is 32.4 Å². The molecule has 2 rings (SSSR count). The number of rotatable bonds is 5. The Bertz CT molecular complexity index is 821. The van der Waals surface area contributed by atoms with Crippen molar-refractivity contribution in [3.63, 3.8) is 0 Å². The van der Waals surface area contributed by atoms with Crippen LogP contribution in [0, 0.1) is 0 Å². The lowest BCUT2D eigenvalue weighted by molar-refractivity contribution is -0.137. The molecule has 0 aliphatic heterocycles. The second-order valence-corrected chi connectivity index (χ2v) is 6.33. The van der Waals surface area contributed by atoms with Gasteiger partial charge in [-0.15, -0.1) is 0 Å². The Balaban J connectivity index is 2.05. The van der Waals surface area contributed by atoms with Crippen LogP contribution in [0.1, 0.15) is 30.9 Å². The third kappa shape index (κ3) is 5.99. The zero-order valence-electron chi connectivity index (χ0n) is 14.5. The largest absolute Gasteiger partial charge is 0.418 e.